The number of nitrogens with one attached hydrogen (secondary N) is 2. The van der Waals surface area contributed by atoms with Crippen LogP contribution in [-0.2, 0) is 16.1 Å². The molecule has 8 heteroatoms. The van der Waals surface area contributed by atoms with E-state index in [1.165, 1.54) is 17.7 Å². The van der Waals surface area contributed by atoms with Crippen LogP contribution in [0, 0.1) is 0 Å². The summed E-state index contributed by atoms with van der Waals surface area (Å²) in [6, 6.07) is 13.2. The maximum absolute atomic E-state index is 12.3. The van der Waals surface area contributed by atoms with Crippen LogP contribution < -0.4 is 15.6 Å². The number of likely N-dealkylation sites (tertiary alicyclic amines) is 1. The summed E-state index contributed by atoms with van der Waals surface area (Å²) in [7, 11) is 0. The minimum absolute atomic E-state index is 0.184. The van der Waals surface area contributed by atoms with Gasteiger partial charge < -0.3 is 4.74 Å². The first kappa shape index (κ1) is 24.0. The number of carbonyl (C=O) groups is 4. The molecular formula is C25H29N3O5. The molecule has 0 unspecified atom stereocenters. The van der Waals surface area contributed by atoms with E-state index >= 15 is 0 Å². The topological polar surface area (TPSA) is 105 Å². The number of nitrogens with zero attached hydrogens (tertiary/aromatic N) is 1. The Morgan fingerprint density at radius 3 is 1.91 bits per heavy atom. The molecule has 0 bridgehead atoms. The van der Waals surface area contributed by atoms with E-state index in [-0.39, 0.29) is 31.2 Å². The molecule has 1 aliphatic rings. The maximum atomic E-state index is 12.3. The largest absolute Gasteiger partial charge is 0.494 e. The lowest BCUT2D eigenvalue weighted by Crippen LogP contribution is -2.41. The molecule has 0 aliphatic carbocycles. The summed E-state index contributed by atoms with van der Waals surface area (Å²) < 4.78 is 5.66. The van der Waals surface area contributed by atoms with Gasteiger partial charge in [0.2, 0.25) is 11.8 Å². The summed E-state index contributed by atoms with van der Waals surface area (Å²) in [4.78, 5) is 49.3. The smallest absolute Gasteiger partial charge is 0.269 e. The Labute approximate surface area is 193 Å². The second-order valence-corrected chi connectivity index (χ2v) is 7.91. The first-order valence-corrected chi connectivity index (χ1v) is 11.2. The Balaban J connectivity index is 1.44. The number of hydrazine groups is 1. The van der Waals surface area contributed by atoms with E-state index in [2.05, 4.69) is 17.8 Å². The minimum Gasteiger partial charge on any atom is -0.494 e. The first-order chi connectivity index (χ1) is 16.0. The van der Waals surface area contributed by atoms with Crippen molar-refractivity contribution in [3.8, 4) is 5.75 Å². The highest BCUT2D eigenvalue weighted by molar-refractivity contribution is 6.02. The normalized spacial score (nSPS) is 13.2. The van der Waals surface area contributed by atoms with E-state index in [4.69, 9.17) is 4.74 Å². The van der Waals surface area contributed by atoms with Crippen molar-refractivity contribution in [1.82, 2.24) is 15.8 Å². The van der Waals surface area contributed by atoms with Gasteiger partial charge in [0.05, 0.1) is 13.2 Å². The van der Waals surface area contributed by atoms with Gasteiger partial charge in [0.1, 0.15) is 5.75 Å². The van der Waals surface area contributed by atoms with Crippen LogP contribution in [0.15, 0.2) is 48.5 Å². The quantitative estimate of drug-likeness (QED) is 0.327. The molecule has 1 saturated heterocycles. The molecule has 3 rings (SSSR count). The fraction of sp³-hybridized carbons (Fsp3) is 0.360. The Kier molecular flexibility index (Phi) is 8.57. The summed E-state index contributed by atoms with van der Waals surface area (Å²) >= 11 is 0. The lowest BCUT2D eigenvalue weighted by atomic mass is 10.1. The first-order valence-electron chi connectivity index (χ1n) is 11.2. The van der Waals surface area contributed by atoms with Crippen LogP contribution in [0.4, 0.5) is 0 Å². The zero-order valence-electron chi connectivity index (χ0n) is 18.8. The number of ether oxygens (including phenoxy) is 1. The molecule has 0 spiro atoms. The molecule has 0 atom stereocenters. The average Bonchev–Trinajstić information content (AvgIpc) is 3.15. The van der Waals surface area contributed by atoms with E-state index in [1.807, 2.05) is 0 Å². The van der Waals surface area contributed by atoms with Crippen molar-refractivity contribution in [1.29, 1.82) is 0 Å². The van der Waals surface area contributed by atoms with E-state index in [0.29, 0.717) is 23.5 Å². The van der Waals surface area contributed by atoms with Crippen molar-refractivity contribution >= 4 is 23.6 Å². The predicted octanol–water partition coefficient (Wildman–Crippen LogP) is 3.37. The molecule has 1 heterocycles. The third-order valence-electron chi connectivity index (χ3n) is 5.38. The Hall–Kier alpha value is -3.68. The van der Waals surface area contributed by atoms with Gasteiger partial charge in [-0.15, -0.1) is 0 Å². The second-order valence-electron chi connectivity index (χ2n) is 7.91. The highest BCUT2D eigenvalue weighted by Crippen LogP contribution is 2.16. The summed E-state index contributed by atoms with van der Waals surface area (Å²) in [5, 5.41) is 0. The molecule has 4 amide bonds. The Bertz CT molecular complexity index is 970. The van der Waals surface area contributed by atoms with Crippen molar-refractivity contribution in [2.75, 3.05) is 6.61 Å². The van der Waals surface area contributed by atoms with E-state index in [9.17, 15) is 19.2 Å². The molecule has 2 aromatic rings. The Morgan fingerprint density at radius 1 is 0.818 bits per heavy atom. The van der Waals surface area contributed by atoms with Crippen molar-refractivity contribution in [2.45, 2.75) is 52.0 Å². The van der Waals surface area contributed by atoms with Gasteiger partial charge in [-0.05, 0) is 48.4 Å². The van der Waals surface area contributed by atoms with Crippen LogP contribution in [0.1, 0.15) is 71.7 Å². The average molecular weight is 452 g/mol. The fourth-order valence-electron chi connectivity index (χ4n) is 3.42. The molecule has 174 valence electrons. The molecule has 2 aromatic carbocycles. The summed E-state index contributed by atoms with van der Waals surface area (Å²) in [5.41, 5.74) is 6.25. The van der Waals surface area contributed by atoms with Crippen molar-refractivity contribution in [3.63, 3.8) is 0 Å². The number of hydrogen-bond donors (Lipinski definition) is 2. The van der Waals surface area contributed by atoms with Gasteiger partial charge in [-0.25, -0.2) is 0 Å². The lowest BCUT2D eigenvalue weighted by Gasteiger charge is -2.14. The molecule has 1 fully saturated rings. The third-order valence-corrected chi connectivity index (χ3v) is 5.38. The summed E-state index contributed by atoms with van der Waals surface area (Å²) in [6.07, 6.45) is 4.99. The number of rotatable bonds is 10. The molecule has 2 N–H and O–H groups in total. The number of carbonyl (C=O) groups excluding carboxylic acids is 4. The SMILES string of the molecule is CCCCCCOc1ccc(C(=O)NNC(=O)c2ccc(CN3C(=O)CCC3=O)cc2)cc1. The molecular weight excluding hydrogens is 422 g/mol. The van der Waals surface area contributed by atoms with Crippen LogP contribution in [0.2, 0.25) is 0 Å². The lowest BCUT2D eigenvalue weighted by molar-refractivity contribution is -0.139. The van der Waals surface area contributed by atoms with E-state index < -0.39 is 11.8 Å². The number of amides is 4. The van der Waals surface area contributed by atoms with E-state index in [1.54, 1.807) is 48.5 Å². The van der Waals surface area contributed by atoms with Crippen LogP contribution in [-0.4, -0.2) is 35.1 Å². The number of benzene rings is 2. The van der Waals surface area contributed by atoms with Crippen LogP contribution in [0.25, 0.3) is 0 Å². The van der Waals surface area contributed by atoms with Crippen molar-refractivity contribution in [3.05, 3.63) is 65.2 Å². The van der Waals surface area contributed by atoms with Gasteiger partial charge in [-0.2, -0.15) is 0 Å². The monoisotopic (exact) mass is 451 g/mol. The number of unbranched alkanes of at least 4 members (excludes halogenated alkanes) is 3. The highest BCUT2D eigenvalue weighted by atomic mass is 16.5. The minimum atomic E-state index is -0.477. The van der Waals surface area contributed by atoms with Gasteiger partial charge in [0, 0.05) is 24.0 Å². The van der Waals surface area contributed by atoms with Gasteiger partial charge in [0.25, 0.3) is 11.8 Å². The molecule has 0 saturated carbocycles. The molecule has 8 nitrogen and oxygen atoms in total. The highest BCUT2D eigenvalue weighted by Gasteiger charge is 2.28. The third kappa shape index (κ3) is 6.90. The van der Waals surface area contributed by atoms with Crippen LogP contribution >= 0.6 is 0 Å². The van der Waals surface area contributed by atoms with Crippen molar-refractivity contribution in [2.24, 2.45) is 0 Å². The fourth-order valence-corrected chi connectivity index (χ4v) is 3.42. The van der Waals surface area contributed by atoms with Gasteiger partial charge in [-0.3, -0.25) is 34.9 Å². The standard InChI is InChI=1S/C25H29N3O5/c1-2-3-4-5-16-33-21-12-10-20(11-13-21)25(32)27-26-24(31)19-8-6-18(7-9-19)17-28-22(29)14-15-23(28)30/h6-13H,2-5,14-17H2,1H3,(H,26,31)(H,27,32). The second kappa shape index (κ2) is 11.8. The molecule has 0 radical (unpaired) electrons. The molecule has 0 aromatic heterocycles. The Morgan fingerprint density at radius 2 is 1.36 bits per heavy atom. The summed E-state index contributed by atoms with van der Waals surface area (Å²) in [6.45, 7) is 2.99. The van der Waals surface area contributed by atoms with Gasteiger partial charge >= 0.3 is 0 Å². The number of hydrogen-bond acceptors (Lipinski definition) is 5. The summed E-state index contributed by atoms with van der Waals surface area (Å²) in [5.74, 6) is -0.590. The predicted molar refractivity (Wildman–Crippen MR) is 122 cm³/mol. The van der Waals surface area contributed by atoms with Crippen LogP contribution in [0.3, 0.4) is 0 Å². The zero-order valence-corrected chi connectivity index (χ0v) is 18.8. The molecule has 33 heavy (non-hydrogen) atoms. The van der Waals surface area contributed by atoms with Gasteiger partial charge in [-0.1, -0.05) is 38.3 Å². The maximum Gasteiger partial charge on any atom is 0.269 e. The van der Waals surface area contributed by atoms with Crippen LogP contribution in [0.5, 0.6) is 5.75 Å². The van der Waals surface area contributed by atoms with Gasteiger partial charge in [0.15, 0.2) is 0 Å². The van der Waals surface area contributed by atoms with Crippen molar-refractivity contribution < 1.29 is 23.9 Å². The molecule has 1 aliphatic heterocycles. The number of imide groups is 1. The zero-order chi connectivity index (χ0) is 23.6. The van der Waals surface area contributed by atoms with E-state index in [0.717, 1.165) is 18.4 Å².